The van der Waals surface area contributed by atoms with Crippen molar-refractivity contribution in [2.75, 3.05) is 11.9 Å². The first-order valence-electron chi connectivity index (χ1n) is 6.76. The molecule has 110 valence electrons. The first-order chi connectivity index (χ1) is 10.0. The van der Waals surface area contributed by atoms with Crippen LogP contribution in [-0.2, 0) is 5.60 Å². The summed E-state index contributed by atoms with van der Waals surface area (Å²) >= 11 is 0. The number of para-hydroxylation sites is 2. The highest BCUT2D eigenvalue weighted by Gasteiger charge is 2.22. The van der Waals surface area contributed by atoms with Gasteiger partial charge in [0.15, 0.2) is 0 Å². The van der Waals surface area contributed by atoms with Crippen LogP contribution in [-0.4, -0.2) is 16.6 Å². The second-order valence-corrected chi connectivity index (χ2v) is 5.09. The fourth-order valence-corrected chi connectivity index (χ4v) is 2.16. The lowest BCUT2D eigenvalue weighted by atomic mass is 9.92. The Labute approximate surface area is 123 Å². The van der Waals surface area contributed by atoms with Gasteiger partial charge in [-0.1, -0.05) is 42.5 Å². The van der Waals surface area contributed by atoms with Gasteiger partial charge in [-0.3, -0.25) is 10.1 Å². The van der Waals surface area contributed by atoms with Crippen molar-refractivity contribution in [2.45, 2.75) is 18.9 Å². The maximum Gasteiger partial charge on any atom is 0.292 e. The Morgan fingerprint density at radius 2 is 1.76 bits per heavy atom. The largest absolute Gasteiger partial charge is 0.385 e. The molecule has 2 aromatic rings. The molecule has 5 nitrogen and oxygen atoms in total. The van der Waals surface area contributed by atoms with E-state index in [1.165, 1.54) is 6.07 Å². The summed E-state index contributed by atoms with van der Waals surface area (Å²) in [5.41, 5.74) is 0.357. The van der Waals surface area contributed by atoms with Gasteiger partial charge in [0.25, 0.3) is 5.69 Å². The highest BCUT2D eigenvalue weighted by molar-refractivity contribution is 5.61. The van der Waals surface area contributed by atoms with Crippen LogP contribution in [0.2, 0.25) is 0 Å². The van der Waals surface area contributed by atoms with E-state index in [0.717, 1.165) is 5.56 Å². The number of nitrogens with one attached hydrogen (secondary N) is 1. The maximum absolute atomic E-state index is 10.9. The minimum absolute atomic E-state index is 0.0388. The van der Waals surface area contributed by atoms with Crippen molar-refractivity contribution in [3.05, 3.63) is 70.3 Å². The van der Waals surface area contributed by atoms with E-state index in [0.29, 0.717) is 18.7 Å². The van der Waals surface area contributed by atoms with E-state index >= 15 is 0 Å². The van der Waals surface area contributed by atoms with Gasteiger partial charge in [0, 0.05) is 12.6 Å². The summed E-state index contributed by atoms with van der Waals surface area (Å²) in [5.74, 6) is 0. The summed E-state index contributed by atoms with van der Waals surface area (Å²) in [7, 11) is 0. The molecule has 1 atom stereocenters. The molecular formula is C16H18N2O3. The molecule has 0 amide bonds. The molecule has 2 aromatic carbocycles. The van der Waals surface area contributed by atoms with Crippen LogP contribution in [0.5, 0.6) is 0 Å². The van der Waals surface area contributed by atoms with Crippen molar-refractivity contribution in [2.24, 2.45) is 0 Å². The lowest BCUT2D eigenvalue weighted by Gasteiger charge is -2.24. The van der Waals surface area contributed by atoms with E-state index in [1.807, 2.05) is 30.3 Å². The average molecular weight is 286 g/mol. The van der Waals surface area contributed by atoms with E-state index in [1.54, 1.807) is 25.1 Å². The molecule has 2 N–H and O–H groups in total. The second-order valence-electron chi connectivity index (χ2n) is 5.09. The number of aliphatic hydroxyl groups is 1. The minimum atomic E-state index is -0.974. The van der Waals surface area contributed by atoms with Crippen molar-refractivity contribution < 1.29 is 10.0 Å². The molecule has 1 unspecified atom stereocenters. The monoisotopic (exact) mass is 286 g/mol. The van der Waals surface area contributed by atoms with E-state index in [9.17, 15) is 15.2 Å². The van der Waals surface area contributed by atoms with Crippen molar-refractivity contribution >= 4 is 11.4 Å². The zero-order valence-corrected chi connectivity index (χ0v) is 11.8. The van der Waals surface area contributed by atoms with Gasteiger partial charge in [0.2, 0.25) is 0 Å². The van der Waals surface area contributed by atoms with E-state index in [-0.39, 0.29) is 5.69 Å². The molecule has 2 rings (SSSR count). The molecule has 0 bridgehead atoms. The fourth-order valence-electron chi connectivity index (χ4n) is 2.16. The van der Waals surface area contributed by atoms with Gasteiger partial charge < -0.3 is 10.4 Å². The minimum Gasteiger partial charge on any atom is -0.385 e. The summed E-state index contributed by atoms with van der Waals surface area (Å²) in [6, 6.07) is 15.9. The SMILES string of the molecule is CC(O)(CCNc1ccccc1[N+](=O)[O-])c1ccccc1. The Hall–Kier alpha value is -2.40. The zero-order valence-electron chi connectivity index (χ0n) is 11.8. The molecule has 0 radical (unpaired) electrons. The van der Waals surface area contributed by atoms with Gasteiger partial charge >= 0.3 is 0 Å². The lowest BCUT2D eigenvalue weighted by Crippen LogP contribution is -2.24. The van der Waals surface area contributed by atoms with Crippen molar-refractivity contribution in [1.82, 2.24) is 0 Å². The van der Waals surface area contributed by atoms with Crippen LogP contribution in [0.4, 0.5) is 11.4 Å². The Morgan fingerprint density at radius 1 is 1.14 bits per heavy atom. The Kier molecular flexibility index (Phi) is 4.55. The third-order valence-corrected chi connectivity index (χ3v) is 3.42. The summed E-state index contributed by atoms with van der Waals surface area (Å²) in [6.45, 7) is 2.18. The standard InChI is InChI=1S/C16H18N2O3/c1-16(19,13-7-3-2-4-8-13)11-12-17-14-9-5-6-10-15(14)18(20)21/h2-10,17,19H,11-12H2,1H3. The van der Waals surface area contributed by atoms with Gasteiger partial charge in [0.05, 0.1) is 10.5 Å². The molecule has 0 saturated carbocycles. The van der Waals surface area contributed by atoms with Crippen LogP contribution in [0, 0.1) is 10.1 Å². The van der Waals surface area contributed by atoms with Crippen LogP contribution in [0.1, 0.15) is 18.9 Å². The normalized spacial score (nSPS) is 13.4. The maximum atomic E-state index is 10.9. The molecule has 0 aliphatic rings. The summed E-state index contributed by atoms with van der Waals surface area (Å²) in [6.07, 6.45) is 0.447. The van der Waals surface area contributed by atoms with Gasteiger partial charge in [-0.05, 0) is 25.0 Å². The second kappa shape index (κ2) is 6.37. The molecule has 0 heterocycles. The molecule has 0 saturated heterocycles. The number of anilines is 1. The van der Waals surface area contributed by atoms with Crippen molar-refractivity contribution in [3.8, 4) is 0 Å². The third kappa shape index (κ3) is 3.79. The lowest BCUT2D eigenvalue weighted by molar-refractivity contribution is -0.384. The zero-order chi connectivity index (χ0) is 15.3. The summed E-state index contributed by atoms with van der Waals surface area (Å²) in [4.78, 5) is 10.5. The van der Waals surface area contributed by atoms with Crippen molar-refractivity contribution in [1.29, 1.82) is 0 Å². The Bertz CT molecular complexity index is 612. The molecule has 0 spiro atoms. The fraction of sp³-hybridized carbons (Fsp3) is 0.250. The van der Waals surface area contributed by atoms with Gasteiger partial charge in [-0.25, -0.2) is 0 Å². The summed E-state index contributed by atoms with van der Waals surface area (Å²) in [5, 5.41) is 24.4. The molecule has 21 heavy (non-hydrogen) atoms. The number of nitrogens with zero attached hydrogens (tertiary/aromatic N) is 1. The Balaban J connectivity index is 2.00. The first-order valence-corrected chi connectivity index (χ1v) is 6.76. The molecule has 0 aliphatic heterocycles. The average Bonchev–Trinajstić information content (AvgIpc) is 2.48. The highest BCUT2D eigenvalue weighted by atomic mass is 16.6. The van der Waals surface area contributed by atoms with Crippen LogP contribution in [0.25, 0.3) is 0 Å². The quantitative estimate of drug-likeness (QED) is 0.631. The Morgan fingerprint density at radius 3 is 2.43 bits per heavy atom. The first kappa shape index (κ1) is 15.0. The smallest absolute Gasteiger partial charge is 0.292 e. The van der Waals surface area contributed by atoms with Crippen LogP contribution >= 0.6 is 0 Å². The number of hydrogen-bond acceptors (Lipinski definition) is 4. The number of benzene rings is 2. The van der Waals surface area contributed by atoms with Crippen molar-refractivity contribution in [3.63, 3.8) is 0 Å². The topological polar surface area (TPSA) is 75.4 Å². The van der Waals surface area contributed by atoms with Crippen LogP contribution in [0.3, 0.4) is 0 Å². The summed E-state index contributed by atoms with van der Waals surface area (Å²) < 4.78 is 0. The van der Waals surface area contributed by atoms with E-state index < -0.39 is 10.5 Å². The number of hydrogen-bond donors (Lipinski definition) is 2. The number of nitro groups is 1. The molecule has 0 aromatic heterocycles. The van der Waals surface area contributed by atoms with Gasteiger partial charge in [-0.15, -0.1) is 0 Å². The number of nitro benzene ring substituents is 1. The van der Waals surface area contributed by atoms with Crippen LogP contribution < -0.4 is 5.32 Å². The number of rotatable bonds is 6. The molecule has 5 heteroatoms. The highest BCUT2D eigenvalue weighted by Crippen LogP contribution is 2.26. The van der Waals surface area contributed by atoms with Gasteiger partial charge in [0.1, 0.15) is 5.69 Å². The molecule has 0 fully saturated rings. The van der Waals surface area contributed by atoms with E-state index in [2.05, 4.69) is 5.32 Å². The van der Waals surface area contributed by atoms with E-state index in [4.69, 9.17) is 0 Å². The predicted octanol–water partition coefficient (Wildman–Crippen LogP) is 3.30. The third-order valence-electron chi connectivity index (χ3n) is 3.42. The van der Waals surface area contributed by atoms with Gasteiger partial charge in [-0.2, -0.15) is 0 Å². The molecular weight excluding hydrogens is 268 g/mol. The molecule has 0 aliphatic carbocycles. The predicted molar refractivity (Wildman–Crippen MR) is 82.2 cm³/mol. The van der Waals surface area contributed by atoms with Crippen LogP contribution in [0.15, 0.2) is 54.6 Å².